The molecule has 0 bridgehead atoms. The van der Waals surface area contributed by atoms with Gasteiger partial charge in [0.15, 0.2) is 6.10 Å². The summed E-state index contributed by atoms with van der Waals surface area (Å²) in [7, 11) is 1.84. The van der Waals surface area contributed by atoms with Crippen molar-refractivity contribution in [2.24, 2.45) is 0 Å². The van der Waals surface area contributed by atoms with Gasteiger partial charge in [-0.15, -0.1) is 0 Å². The minimum absolute atomic E-state index is 0.393. The molecule has 0 saturated heterocycles. The summed E-state index contributed by atoms with van der Waals surface area (Å²) < 4.78 is 5.34. The molecule has 0 heterocycles. The molecule has 0 aromatic heterocycles. The average Bonchev–Trinajstić information content (AvgIpc) is 2.28. The van der Waals surface area contributed by atoms with Crippen LogP contribution in [0.15, 0.2) is 18.2 Å². The standard InChI is InChI=1S/C12H16ClNO3/c1-3-10(12(15)16)17-11-5-4-8(7-14-2)6-9(11)13/h4-6,10,14H,3,7H2,1-2H3,(H,15,16). The van der Waals surface area contributed by atoms with Crippen LogP contribution in [-0.2, 0) is 11.3 Å². The van der Waals surface area contributed by atoms with Crippen LogP contribution in [0.25, 0.3) is 0 Å². The third-order valence-corrected chi connectivity index (χ3v) is 2.59. The third kappa shape index (κ3) is 3.91. The van der Waals surface area contributed by atoms with Crippen LogP contribution in [0.3, 0.4) is 0 Å². The molecule has 1 atom stereocenters. The lowest BCUT2D eigenvalue weighted by Gasteiger charge is -2.14. The number of carboxylic acids is 1. The monoisotopic (exact) mass is 257 g/mol. The molecule has 0 saturated carbocycles. The number of hydrogen-bond donors (Lipinski definition) is 2. The van der Waals surface area contributed by atoms with Crippen molar-refractivity contribution >= 4 is 17.6 Å². The predicted molar refractivity (Wildman–Crippen MR) is 66.6 cm³/mol. The van der Waals surface area contributed by atoms with Gasteiger partial charge in [0, 0.05) is 6.54 Å². The first kappa shape index (κ1) is 13.8. The van der Waals surface area contributed by atoms with Crippen LogP contribution in [0, 0.1) is 0 Å². The molecule has 2 N–H and O–H groups in total. The molecule has 0 amide bonds. The maximum atomic E-state index is 10.8. The van der Waals surface area contributed by atoms with Crippen molar-refractivity contribution in [2.75, 3.05) is 7.05 Å². The van der Waals surface area contributed by atoms with Crippen LogP contribution in [0.4, 0.5) is 0 Å². The van der Waals surface area contributed by atoms with Crippen LogP contribution >= 0.6 is 11.6 Å². The zero-order chi connectivity index (χ0) is 12.8. The molecule has 5 heteroatoms. The van der Waals surface area contributed by atoms with Crippen molar-refractivity contribution < 1.29 is 14.6 Å². The molecule has 0 radical (unpaired) electrons. The molecular weight excluding hydrogens is 242 g/mol. The zero-order valence-corrected chi connectivity index (χ0v) is 10.6. The van der Waals surface area contributed by atoms with E-state index in [1.807, 2.05) is 13.1 Å². The topological polar surface area (TPSA) is 58.6 Å². The summed E-state index contributed by atoms with van der Waals surface area (Å²) in [5.41, 5.74) is 1.02. The molecule has 1 aromatic rings. The number of nitrogens with one attached hydrogen (secondary N) is 1. The van der Waals surface area contributed by atoms with Gasteiger partial charge >= 0.3 is 5.97 Å². The van der Waals surface area contributed by atoms with Crippen LogP contribution in [0.1, 0.15) is 18.9 Å². The smallest absolute Gasteiger partial charge is 0.344 e. The SMILES string of the molecule is CCC(Oc1ccc(CNC)cc1Cl)C(=O)O. The zero-order valence-electron chi connectivity index (χ0n) is 9.87. The van der Waals surface area contributed by atoms with Crippen LogP contribution < -0.4 is 10.1 Å². The molecule has 0 aliphatic carbocycles. The van der Waals surface area contributed by atoms with Gasteiger partial charge in [-0.25, -0.2) is 4.79 Å². The number of rotatable bonds is 6. The van der Waals surface area contributed by atoms with Crippen molar-refractivity contribution in [1.82, 2.24) is 5.32 Å². The number of carbonyl (C=O) groups is 1. The average molecular weight is 258 g/mol. The summed E-state index contributed by atoms with van der Waals surface area (Å²) in [5, 5.41) is 12.3. The van der Waals surface area contributed by atoms with E-state index < -0.39 is 12.1 Å². The van der Waals surface area contributed by atoms with Gasteiger partial charge in [-0.05, 0) is 31.2 Å². The molecular formula is C12H16ClNO3. The second-order valence-corrected chi connectivity index (χ2v) is 4.06. The largest absolute Gasteiger partial charge is 0.479 e. The minimum atomic E-state index is -0.983. The minimum Gasteiger partial charge on any atom is -0.479 e. The summed E-state index contributed by atoms with van der Waals surface area (Å²) in [6.07, 6.45) is -0.466. The van der Waals surface area contributed by atoms with E-state index in [9.17, 15) is 4.79 Å². The maximum Gasteiger partial charge on any atom is 0.344 e. The van der Waals surface area contributed by atoms with Crippen molar-refractivity contribution in [3.8, 4) is 5.75 Å². The summed E-state index contributed by atoms with van der Waals surface area (Å²) in [5.74, 6) is -0.580. The van der Waals surface area contributed by atoms with E-state index in [1.165, 1.54) is 0 Å². The molecule has 0 spiro atoms. The van der Waals surface area contributed by atoms with Gasteiger partial charge in [-0.3, -0.25) is 0 Å². The van der Waals surface area contributed by atoms with Crippen molar-refractivity contribution in [3.63, 3.8) is 0 Å². The lowest BCUT2D eigenvalue weighted by atomic mass is 10.2. The van der Waals surface area contributed by atoms with Gasteiger partial charge in [0.2, 0.25) is 0 Å². The molecule has 1 aromatic carbocycles. The van der Waals surface area contributed by atoms with E-state index in [-0.39, 0.29) is 0 Å². The number of hydrogen-bond acceptors (Lipinski definition) is 3. The first-order valence-electron chi connectivity index (χ1n) is 5.41. The fourth-order valence-electron chi connectivity index (χ4n) is 1.42. The lowest BCUT2D eigenvalue weighted by Crippen LogP contribution is -2.26. The molecule has 1 unspecified atom stereocenters. The number of carboxylic acid groups (broad SMARTS) is 1. The molecule has 0 fully saturated rings. The first-order valence-corrected chi connectivity index (χ1v) is 5.78. The Hall–Kier alpha value is -1.26. The van der Waals surface area contributed by atoms with E-state index in [1.54, 1.807) is 19.1 Å². The third-order valence-electron chi connectivity index (χ3n) is 2.29. The molecule has 17 heavy (non-hydrogen) atoms. The Balaban J connectivity index is 2.81. The Kier molecular flexibility index (Phi) is 5.25. The van der Waals surface area contributed by atoms with Gasteiger partial charge < -0.3 is 15.2 Å². The molecule has 4 nitrogen and oxygen atoms in total. The molecule has 94 valence electrons. The predicted octanol–water partition coefficient (Wildman–Crippen LogP) is 2.30. The summed E-state index contributed by atoms with van der Waals surface area (Å²) in [6.45, 7) is 2.46. The van der Waals surface area contributed by atoms with Gasteiger partial charge in [0.05, 0.1) is 5.02 Å². The van der Waals surface area contributed by atoms with E-state index in [2.05, 4.69) is 5.32 Å². The fraction of sp³-hybridized carbons (Fsp3) is 0.417. The summed E-state index contributed by atoms with van der Waals surface area (Å²) in [6, 6.07) is 5.31. The van der Waals surface area contributed by atoms with Crippen LogP contribution in [-0.4, -0.2) is 24.2 Å². The van der Waals surface area contributed by atoms with Gasteiger partial charge in [0.1, 0.15) is 5.75 Å². The van der Waals surface area contributed by atoms with Gasteiger partial charge in [-0.2, -0.15) is 0 Å². The van der Waals surface area contributed by atoms with E-state index in [4.69, 9.17) is 21.4 Å². The Morgan fingerprint density at radius 3 is 2.76 bits per heavy atom. The van der Waals surface area contributed by atoms with Gasteiger partial charge in [0.25, 0.3) is 0 Å². The molecule has 0 aliphatic heterocycles. The number of aliphatic carboxylic acids is 1. The number of benzene rings is 1. The van der Waals surface area contributed by atoms with E-state index in [0.717, 1.165) is 5.56 Å². The van der Waals surface area contributed by atoms with Crippen LogP contribution in [0.2, 0.25) is 5.02 Å². The number of ether oxygens (including phenoxy) is 1. The Labute approximate surface area is 106 Å². The Morgan fingerprint density at radius 1 is 1.59 bits per heavy atom. The second-order valence-electron chi connectivity index (χ2n) is 3.65. The highest BCUT2D eigenvalue weighted by Gasteiger charge is 2.18. The quantitative estimate of drug-likeness (QED) is 0.821. The Morgan fingerprint density at radius 2 is 2.29 bits per heavy atom. The van der Waals surface area contributed by atoms with Crippen molar-refractivity contribution in [2.45, 2.75) is 26.0 Å². The van der Waals surface area contributed by atoms with Gasteiger partial charge in [-0.1, -0.05) is 24.6 Å². The van der Waals surface area contributed by atoms with E-state index in [0.29, 0.717) is 23.7 Å². The maximum absolute atomic E-state index is 10.8. The van der Waals surface area contributed by atoms with Crippen molar-refractivity contribution in [3.05, 3.63) is 28.8 Å². The lowest BCUT2D eigenvalue weighted by molar-refractivity contribution is -0.145. The summed E-state index contributed by atoms with van der Waals surface area (Å²) >= 11 is 6.03. The number of halogens is 1. The molecule has 0 aliphatic rings. The highest BCUT2D eigenvalue weighted by atomic mass is 35.5. The second kappa shape index (κ2) is 6.47. The highest BCUT2D eigenvalue weighted by molar-refractivity contribution is 6.32. The molecule has 1 rings (SSSR count). The van der Waals surface area contributed by atoms with Crippen LogP contribution in [0.5, 0.6) is 5.75 Å². The first-order chi connectivity index (χ1) is 8.08. The summed E-state index contributed by atoms with van der Waals surface area (Å²) in [4.78, 5) is 10.8. The van der Waals surface area contributed by atoms with E-state index >= 15 is 0 Å². The Bertz CT molecular complexity index is 395. The normalized spacial score (nSPS) is 12.2. The fourth-order valence-corrected chi connectivity index (χ4v) is 1.66. The van der Waals surface area contributed by atoms with Crippen molar-refractivity contribution in [1.29, 1.82) is 0 Å². The highest BCUT2D eigenvalue weighted by Crippen LogP contribution is 2.26.